The summed E-state index contributed by atoms with van der Waals surface area (Å²) in [5.41, 5.74) is 2.75. The molecule has 0 fully saturated rings. The van der Waals surface area contributed by atoms with Crippen LogP contribution in [0.4, 0.5) is 0 Å². The van der Waals surface area contributed by atoms with Crippen LogP contribution >= 0.6 is 15.9 Å². The van der Waals surface area contributed by atoms with Crippen LogP contribution in [-0.2, 0) is 12.8 Å². The summed E-state index contributed by atoms with van der Waals surface area (Å²) in [6, 6.07) is 4.41. The van der Waals surface area contributed by atoms with Crippen LogP contribution in [0.3, 0.4) is 0 Å². The van der Waals surface area contributed by atoms with Gasteiger partial charge in [0.05, 0.1) is 6.61 Å². The third-order valence-electron chi connectivity index (χ3n) is 3.45. The van der Waals surface area contributed by atoms with E-state index in [-0.39, 0.29) is 0 Å². The predicted octanol–water partition coefficient (Wildman–Crippen LogP) is 3.71. The molecule has 0 aliphatic carbocycles. The van der Waals surface area contributed by atoms with Crippen molar-refractivity contribution in [3.05, 3.63) is 27.7 Å². The molecule has 2 rings (SSSR count). The van der Waals surface area contributed by atoms with Crippen molar-refractivity contribution in [1.29, 1.82) is 0 Å². The number of ether oxygens (including phenoxy) is 1. The molecule has 1 aliphatic heterocycles. The van der Waals surface area contributed by atoms with Gasteiger partial charge in [-0.1, -0.05) is 28.8 Å². The fourth-order valence-corrected chi connectivity index (χ4v) is 3.06. The van der Waals surface area contributed by atoms with E-state index in [1.807, 2.05) is 7.05 Å². The standard InChI is InChI=1S/C15H22BrNO/c1-17-8-5-3-2-4-6-12-10-14(16)11-13-7-9-18-15(12)13/h10-11,17H,2-9H2,1H3. The molecule has 18 heavy (non-hydrogen) atoms. The molecule has 2 nitrogen and oxygen atoms in total. The number of hydrogen-bond donors (Lipinski definition) is 1. The van der Waals surface area contributed by atoms with E-state index < -0.39 is 0 Å². The second-order valence-corrected chi connectivity index (χ2v) is 5.84. The lowest BCUT2D eigenvalue weighted by atomic mass is 10.0. The molecule has 100 valence electrons. The molecule has 0 bridgehead atoms. The summed E-state index contributed by atoms with van der Waals surface area (Å²) >= 11 is 3.60. The smallest absolute Gasteiger partial charge is 0.125 e. The number of rotatable bonds is 7. The van der Waals surface area contributed by atoms with Gasteiger partial charge in [-0.25, -0.2) is 0 Å². The normalized spacial score (nSPS) is 13.4. The van der Waals surface area contributed by atoms with Gasteiger partial charge in [-0.15, -0.1) is 0 Å². The summed E-state index contributed by atoms with van der Waals surface area (Å²) in [5.74, 6) is 1.16. The summed E-state index contributed by atoms with van der Waals surface area (Å²) in [6.45, 7) is 1.98. The number of halogens is 1. The van der Waals surface area contributed by atoms with Gasteiger partial charge >= 0.3 is 0 Å². The molecule has 0 spiro atoms. The Labute approximate surface area is 118 Å². The van der Waals surface area contributed by atoms with E-state index in [2.05, 4.69) is 33.4 Å². The van der Waals surface area contributed by atoms with Gasteiger partial charge in [0.1, 0.15) is 5.75 Å². The van der Waals surface area contributed by atoms with E-state index in [4.69, 9.17) is 4.74 Å². The van der Waals surface area contributed by atoms with E-state index in [0.717, 1.165) is 31.7 Å². The highest BCUT2D eigenvalue weighted by molar-refractivity contribution is 9.10. The van der Waals surface area contributed by atoms with Crippen LogP contribution in [0.25, 0.3) is 0 Å². The predicted molar refractivity (Wildman–Crippen MR) is 79.4 cm³/mol. The van der Waals surface area contributed by atoms with Crippen molar-refractivity contribution in [3.63, 3.8) is 0 Å². The Morgan fingerprint density at radius 2 is 2.06 bits per heavy atom. The number of fused-ring (bicyclic) bond motifs is 1. The summed E-state index contributed by atoms with van der Waals surface area (Å²) in [4.78, 5) is 0. The molecule has 0 saturated heterocycles. The molecule has 0 unspecified atom stereocenters. The summed E-state index contributed by atoms with van der Waals surface area (Å²) in [5, 5.41) is 3.19. The zero-order chi connectivity index (χ0) is 12.8. The molecule has 1 aromatic rings. The molecule has 0 aromatic heterocycles. The molecule has 1 heterocycles. The molecule has 0 atom stereocenters. The van der Waals surface area contributed by atoms with Crippen molar-refractivity contribution in [2.24, 2.45) is 0 Å². The van der Waals surface area contributed by atoms with E-state index in [1.165, 1.54) is 41.3 Å². The molecule has 3 heteroatoms. The Kier molecular flexibility index (Phi) is 5.51. The van der Waals surface area contributed by atoms with Crippen LogP contribution in [0.5, 0.6) is 5.75 Å². The fraction of sp³-hybridized carbons (Fsp3) is 0.600. The highest BCUT2D eigenvalue weighted by Crippen LogP contribution is 2.33. The van der Waals surface area contributed by atoms with Crippen molar-refractivity contribution in [2.75, 3.05) is 20.2 Å². The average Bonchev–Trinajstić information content (AvgIpc) is 2.81. The van der Waals surface area contributed by atoms with Crippen LogP contribution < -0.4 is 10.1 Å². The minimum atomic E-state index is 0.848. The maximum Gasteiger partial charge on any atom is 0.125 e. The monoisotopic (exact) mass is 311 g/mol. The minimum Gasteiger partial charge on any atom is -0.493 e. The van der Waals surface area contributed by atoms with Crippen LogP contribution in [0.1, 0.15) is 36.8 Å². The largest absolute Gasteiger partial charge is 0.493 e. The third kappa shape index (κ3) is 3.72. The minimum absolute atomic E-state index is 0.848. The zero-order valence-electron chi connectivity index (χ0n) is 11.1. The van der Waals surface area contributed by atoms with E-state index in [9.17, 15) is 0 Å². The van der Waals surface area contributed by atoms with E-state index in [1.54, 1.807) is 0 Å². The Hall–Kier alpha value is -0.540. The van der Waals surface area contributed by atoms with Crippen molar-refractivity contribution >= 4 is 15.9 Å². The lowest BCUT2D eigenvalue weighted by Crippen LogP contribution is -2.06. The number of hydrogen-bond acceptors (Lipinski definition) is 2. The number of aryl methyl sites for hydroxylation is 1. The zero-order valence-corrected chi connectivity index (χ0v) is 12.7. The van der Waals surface area contributed by atoms with Crippen LogP contribution in [0, 0.1) is 0 Å². The number of nitrogens with one attached hydrogen (secondary N) is 1. The van der Waals surface area contributed by atoms with Gasteiger partial charge in [-0.3, -0.25) is 0 Å². The second-order valence-electron chi connectivity index (χ2n) is 4.92. The number of unbranched alkanes of at least 4 members (excludes halogenated alkanes) is 3. The van der Waals surface area contributed by atoms with Crippen molar-refractivity contribution in [3.8, 4) is 5.75 Å². The topological polar surface area (TPSA) is 21.3 Å². The van der Waals surface area contributed by atoms with E-state index in [0.29, 0.717) is 0 Å². The Morgan fingerprint density at radius 3 is 2.89 bits per heavy atom. The highest BCUT2D eigenvalue weighted by atomic mass is 79.9. The maximum atomic E-state index is 5.75. The molecule has 1 N–H and O–H groups in total. The lowest BCUT2D eigenvalue weighted by molar-refractivity contribution is 0.353. The van der Waals surface area contributed by atoms with Crippen LogP contribution in [0.2, 0.25) is 0 Å². The SMILES string of the molecule is CNCCCCCCc1cc(Br)cc2c1OCC2. The van der Waals surface area contributed by atoms with Gasteiger partial charge in [0.25, 0.3) is 0 Å². The fourth-order valence-electron chi connectivity index (χ4n) is 2.50. The molecule has 1 aromatic carbocycles. The van der Waals surface area contributed by atoms with Gasteiger partial charge in [-0.2, -0.15) is 0 Å². The molecule has 1 aliphatic rings. The Balaban J connectivity index is 1.82. The second kappa shape index (κ2) is 7.15. The maximum absolute atomic E-state index is 5.75. The Bertz CT molecular complexity index is 392. The van der Waals surface area contributed by atoms with Gasteiger partial charge < -0.3 is 10.1 Å². The first-order valence-electron chi connectivity index (χ1n) is 6.90. The lowest BCUT2D eigenvalue weighted by Gasteiger charge is -2.09. The van der Waals surface area contributed by atoms with Gasteiger partial charge in [0.15, 0.2) is 0 Å². The first-order chi connectivity index (χ1) is 8.81. The van der Waals surface area contributed by atoms with Crippen molar-refractivity contribution in [1.82, 2.24) is 5.32 Å². The van der Waals surface area contributed by atoms with Gasteiger partial charge in [-0.05, 0) is 56.1 Å². The van der Waals surface area contributed by atoms with Gasteiger partial charge in [0.2, 0.25) is 0 Å². The molecule has 0 saturated carbocycles. The first-order valence-corrected chi connectivity index (χ1v) is 7.69. The first kappa shape index (κ1) is 13.9. The van der Waals surface area contributed by atoms with Crippen LogP contribution in [0.15, 0.2) is 16.6 Å². The van der Waals surface area contributed by atoms with Crippen LogP contribution in [-0.4, -0.2) is 20.2 Å². The Morgan fingerprint density at radius 1 is 1.22 bits per heavy atom. The molecular formula is C15H22BrNO. The van der Waals surface area contributed by atoms with Gasteiger partial charge in [0, 0.05) is 10.9 Å². The number of benzene rings is 1. The summed E-state index contributed by atoms with van der Waals surface area (Å²) < 4.78 is 6.94. The van der Waals surface area contributed by atoms with E-state index >= 15 is 0 Å². The third-order valence-corrected chi connectivity index (χ3v) is 3.91. The quantitative estimate of drug-likeness (QED) is 0.775. The molecular weight excluding hydrogens is 290 g/mol. The highest BCUT2D eigenvalue weighted by Gasteiger charge is 2.16. The van der Waals surface area contributed by atoms with Crippen molar-refractivity contribution in [2.45, 2.75) is 38.5 Å². The summed E-state index contributed by atoms with van der Waals surface area (Å²) in [6.07, 6.45) is 7.37. The molecule has 0 amide bonds. The average molecular weight is 312 g/mol. The van der Waals surface area contributed by atoms with Crippen molar-refractivity contribution < 1.29 is 4.74 Å². The molecule has 0 radical (unpaired) electrons. The summed E-state index contributed by atoms with van der Waals surface area (Å²) in [7, 11) is 2.02.